The maximum atomic E-state index is 13.3. The summed E-state index contributed by atoms with van der Waals surface area (Å²) >= 11 is 0. The Morgan fingerprint density at radius 2 is 1.93 bits per heavy atom. The summed E-state index contributed by atoms with van der Waals surface area (Å²) in [4.78, 5) is 12.1. The van der Waals surface area contributed by atoms with Crippen LogP contribution in [0.4, 0.5) is 10.1 Å². The third-order valence-corrected chi connectivity index (χ3v) is 5.53. The molecule has 0 atom stereocenters. The molecule has 0 spiro atoms. The second-order valence-electron chi connectivity index (χ2n) is 5.74. The summed E-state index contributed by atoms with van der Waals surface area (Å²) in [5.41, 5.74) is 0.873. The molecule has 0 saturated carbocycles. The summed E-state index contributed by atoms with van der Waals surface area (Å²) in [6.45, 7) is 4.98. The van der Waals surface area contributed by atoms with Gasteiger partial charge in [-0.05, 0) is 48.9 Å². The van der Waals surface area contributed by atoms with Gasteiger partial charge in [0.15, 0.2) is 0 Å². The second kappa shape index (κ2) is 8.68. The second-order valence-corrected chi connectivity index (χ2v) is 7.57. The van der Waals surface area contributed by atoms with Crippen LogP contribution in [0.5, 0.6) is 5.75 Å². The van der Waals surface area contributed by atoms with Gasteiger partial charge in [0.1, 0.15) is 23.0 Å². The van der Waals surface area contributed by atoms with Crippen LogP contribution in [0.25, 0.3) is 0 Å². The number of methoxy groups -OCH3 is 1. The Hall–Kier alpha value is -2.87. The Kier molecular flexibility index (Phi) is 6.57. The standard InChI is InChI=1S/C19H21FN2O4S/c1-4-11-21-19(23)13-22(16-8-6-15(20)7-9-16)27(24,25)18-12-14(2)5-10-17(18)26-3/h4-10,12H,1,11,13H2,2-3H3,(H,21,23). The Labute approximate surface area is 158 Å². The van der Waals surface area contributed by atoms with Gasteiger partial charge in [-0.1, -0.05) is 12.1 Å². The van der Waals surface area contributed by atoms with Gasteiger partial charge in [-0.15, -0.1) is 6.58 Å². The van der Waals surface area contributed by atoms with E-state index in [4.69, 9.17) is 4.74 Å². The van der Waals surface area contributed by atoms with Crippen LogP contribution < -0.4 is 14.4 Å². The first kappa shape index (κ1) is 20.4. The molecule has 0 unspecified atom stereocenters. The van der Waals surface area contributed by atoms with Gasteiger partial charge in [-0.2, -0.15) is 0 Å². The van der Waals surface area contributed by atoms with Gasteiger partial charge in [-0.25, -0.2) is 12.8 Å². The molecule has 1 amide bonds. The third-order valence-electron chi connectivity index (χ3n) is 3.73. The third kappa shape index (κ3) is 4.85. The maximum Gasteiger partial charge on any atom is 0.268 e. The van der Waals surface area contributed by atoms with E-state index >= 15 is 0 Å². The summed E-state index contributed by atoms with van der Waals surface area (Å²) in [5, 5.41) is 2.54. The average Bonchev–Trinajstić information content (AvgIpc) is 2.65. The fourth-order valence-electron chi connectivity index (χ4n) is 2.40. The molecule has 0 aliphatic heterocycles. The number of amides is 1. The zero-order chi connectivity index (χ0) is 20.0. The Bertz CT molecular complexity index is 927. The zero-order valence-corrected chi connectivity index (χ0v) is 15.9. The van der Waals surface area contributed by atoms with E-state index in [2.05, 4.69) is 11.9 Å². The van der Waals surface area contributed by atoms with E-state index < -0.39 is 28.3 Å². The molecule has 0 bridgehead atoms. The summed E-state index contributed by atoms with van der Waals surface area (Å²) in [5.74, 6) is -0.881. The lowest BCUT2D eigenvalue weighted by atomic mass is 10.2. The lowest BCUT2D eigenvalue weighted by Gasteiger charge is -2.25. The highest BCUT2D eigenvalue weighted by molar-refractivity contribution is 7.93. The summed E-state index contributed by atoms with van der Waals surface area (Å²) in [7, 11) is -2.79. The van der Waals surface area contributed by atoms with Crippen molar-refractivity contribution in [3.63, 3.8) is 0 Å². The molecule has 0 radical (unpaired) electrons. The van der Waals surface area contributed by atoms with E-state index in [1.54, 1.807) is 19.1 Å². The van der Waals surface area contributed by atoms with Gasteiger partial charge >= 0.3 is 0 Å². The van der Waals surface area contributed by atoms with E-state index in [0.717, 1.165) is 16.4 Å². The largest absolute Gasteiger partial charge is 0.495 e. The maximum absolute atomic E-state index is 13.3. The summed E-state index contributed by atoms with van der Waals surface area (Å²) in [6.07, 6.45) is 1.48. The molecule has 0 heterocycles. The first-order chi connectivity index (χ1) is 12.8. The number of rotatable bonds is 8. The molecular weight excluding hydrogens is 371 g/mol. The molecule has 0 fully saturated rings. The highest BCUT2D eigenvalue weighted by atomic mass is 32.2. The van der Waals surface area contributed by atoms with Crippen LogP contribution in [-0.2, 0) is 14.8 Å². The fraction of sp³-hybridized carbons (Fsp3) is 0.211. The quantitative estimate of drug-likeness (QED) is 0.701. The van der Waals surface area contributed by atoms with Crippen molar-refractivity contribution in [1.82, 2.24) is 5.32 Å². The van der Waals surface area contributed by atoms with E-state index in [1.807, 2.05) is 0 Å². The highest BCUT2D eigenvalue weighted by Gasteiger charge is 2.30. The molecule has 144 valence electrons. The van der Waals surface area contributed by atoms with Crippen LogP contribution >= 0.6 is 0 Å². The smallest absolute Gasteiger partial charge is 0.268 e. The highest BCUT2D eigenvalue weighted by Crippen LogP contribution is 2.30. The topological polar surface area (TPSA) is 75.7 Å². The minimum atomic E-state index is -4.15. The first-order valence-electron chi connectivity index (χ1n) is 8.10. The predicted octanol–water partition coefficient (Wildman–Crippen LogP) is 2.64. The number of aryl methyl sites for hydroxylation is 1. The number of carbonyl (C=O) groups is 1. The van der Waals surface area contributed by atoms with E-state index in [1.165, 1.54) is 31.4 Å². The number of benzene rings is 2. The van der Waals surface area contributed by atoms with Crippen molar-refractivity contribution in [2.24, 2.45) is 0 Å². The van der Waals surface area contributed by atoms with Crippen molar-refractivity contribution in [3.8, 4) is 5.75 Å². The lowest BCUT2D eigenvalue weighted by molar-refractivity contribution is -0.119. The van der Waals surface area contributed by atoms with E-state index in [9.17, 15) is 17.6 Å². The van der Waals surface area contributed by atoms with Crippen molar-refractivity contribution < 1.29 is 22.3 Å². The van der Waals surface area contributed by atoms with E-state index in [-0.39, 0.29) is 22.9 Å². The first-order valence-corrected chi connectivity index (χ1v) is 9.54. The molecule has 8 heteroatoms. The predicted molar refractivity (Wildman–Crippen MR) is 102 cm³/mol. The molecule has 2 rings (SSSR count). The van der Waals surface area contributed by atoms with E-state index in [0.29, 0.717) is 5.56 Å². The van der Waals surface area contributed by atoms with Gasteiger partial charge in [-0.3, -0.25) is 9.10 Å². The van der Waals surface area contributed by atoms with Gasteiger partial charge in [0.25, 0.3) is 10.0 Å². The molecule has 2 aromatic rings. The van der Waals surface area contributed by atoms with Crippen LogP contribution in [0.15, 0.2) is 60.0 Å². The number of halogens is 1. The van der Waals surface area contributed by atoms with Gasteiger partial charge in [0.2, 0.25) is 5.91 Å². The monoisotopic (exact) mass is 392 g/mol. The minimum Gasteiger partial charge on any atom is -0.495 e. The summed E-state index contributed by atoms with van der Waals surface area (Å²) in [6, 6.07) is 9.60. The van der Waals surface area contributed by atoms with Gasteiger partial charge < -0.3 is 10.1 Å². The van der Waals surface area contributed by atoms with Crippen molar-refractivity contribution in [1.29, 1.82) is 0 Å². The minimum absolute atomic E-state index is 0.0779. The zero-order valence-electron chi connectivity index (χ0n) is 15.1. The molecule has 0 saturated heterocycles. The molecular formula is C19H21FN2O4S. The molecule has 2 aromatic carbocycles. The van der Waals surface area contributed by atoms with Crippen molar-refractivity contribution in [2.75, 3.05) is 24.5 Å². The Morgan fingerprint density at radius 3 is 2.52 bits per heavy atom. The van der Waals surface area contributed by atoms with Crippen molar-refractivity contribution in [2.45, 2.75) is 11.8 Å². The number of nitrogens with one attached hydrogen (secondary N) is 1. The van der Waals surface area contributed by atoms with Crippen molar-refractivity contribution >= 4 is 21.6 Å². The molecule has 6 nitrogen and oxygen atoms in total. The van der Waals surface area contributed by atoms with Crippen molar-refractivity contribution in [3.05, 3.63) is 66.5 Å². The molecule has 0 aromatic heterocycles. The Balaban J connectivity index is 2.54. The fourth-order valence-corrected chi connectivity index (χ4v) is 4.06. The normalized spacial score (nSPS) is 10.9. The number of anilines is 1. The molecule has 0 aliphatic rings. The summed E-state index contributed by atoms with van der Waals surface area (Å²) < 4.78 is 46.0. The number of sulfonamides is 1. The number of hydrogen-bond acceptors (Lipinski definition) is 4. The Morgan fingerprint density at radius 1 is 1.26 bits per heavy atom. The van der Waals surface area contributed by atoms with Gasteiger partial charge in [0, 0.05) is 6.54 Å². The molecule has 27 heavy (non-hydrogen) atoms. The van der Waals surface area contributed by atoms with Crippen LogP contribution in [0, 0.1) is 12.7 Å². The van der Waals surface area contributed by atoms with Gasteiger partial charge in [0.05, 0.1) is 12.8 Å². The van der Waals surface area contributed by atoms with Crippen LogP contribution in [-0.4, -0.2) is 34.5 Å². The number of carbonyl (C=O) groups excluding carboxylic acids is 1. The number of hydrogen-bond donors (Lipinski definition) is 1. The average molecular weight is 392 g/mol. The number of nitrogens with zero attached hydrogens (tertiary/aromatic N) is 1. The lowest BCUT2D eigenvalue weighted by Crippen LogP contribution is -2.41. The SMILES string of the molecule is C=CCNC(=O)CN(c1ccc(F)cc1)S(=O)(=O)c1cc(C)ccc1OC. The molecule has 0 aliphatic carbocycles. The molecule has 1 N–H and O–H groups in total. The van der Waals surface area contributed by atoms with Crippen LogP contribution in [0.1, 0.15) is 5.56 Å². The van der Waals surface area contributed by atoms with Crippen LogP contribution in [0.3, 0.4) is 0 Å². The van der Waals surface area contributed by atoms with Crippen LogP contribution in [0.2, 0.25) is 0 Å². The number of ether oxygens (including phenoxy) is 1.